The number of amides is 2. The molecular formula is C36H51FN4O3. The number of piperidine rings is 1. The van der Waals surface area contributed by atoms with E-state index in [2.05, 4.69) is 22.0 Å². The molecule has 1 aromatic carbocycles. The lowest BCUT2D eigenvalue weighted by atomic mass is 9.65. The van der Waals surface area contributed by atoms with Crippen LogP contribution in [0.2, 0.25) is 0 Å². The SMILES string of the molecule is C[C@H](CC1CCCCC1)C(=O)N1CC[C@](O)(CN2C=C(C(=O)N3CCNCC3)C(c3ccccc3F)=CC2)C2(CCCC2)C1. The highest BCUT2D eigenvalue weighted by atomic mass is 19.1. The monoisotopic (exact) mass is 606 g/mol. The van der Waals surface area contributed by atoms with Crippen LogP contribution >= 0.6 is 0 Å². The highest BCUT2D eigenvalue weighted by molar-refractivity contribution is 6.09. The number of rotatable bonds is 7. The molecule has 4 fully saturated rings. The van der Waals surface area contributed by atoms with Gasteiger partial charge >= 0.3 is 0 Å². The molecule has 3 heterocycles. The smallest absolute Gasteiger partial charge is 0.256 e. The van der Waals surface area contributed by atoms with E-state index in [1.807, 2.05) is 17.2 Å². The molecule has 2 atom stereocenters. The minimum absolute atomic E-state index is 0.0215. The number of likely N-dealkylation sites (tertiary alicyclic amines) is 1. The number of β-amino-alcohol motifs (C(OH)–C–C–N with tert-alkyl or cyclic N) is 1. The molecule has 2 aliphatic carbocycles. The molecule has 3 aliphatic heterocycles. The van der Waals surface area contributed by atoms with Crippen LogP contribution in [0, 0.1) is 23.1 Å². The summed E-state index contributed by atoms with van der Waals surface area (Å²) in [5, 5.41) is 15.8. The summed E-state index contributed by atoms with van der Waals surface area (Å²) < 4.78 is 15.0. The average molecular weight is 607 g/mol. The number of nitrogens with one attached hydrogen (secondary N) is 1. The first-order valence-corrected chi connectivity index (χ1v) is 17.2. The van der Waals surface area contributed by atoms with Crippen molar-refractivity contribution in [1.82, 2.24) is 20.0 Å². The summed E-state index contributed by atoms with van der Waals surface area (Å²) in [6.45, 7) is 6.84. The summed E-state index contributed by atoms with van der Waals surface area (Å²) in [6, 6.07) is 6.64. The topological polar surface area (TPSA) is 76.1 Å². The van der Waals surface area contributed by atoms with Crippen LogP contribution in [0.3, 0.4) is 0 Å². The lowest BCUT2D eigenvalue weighted by Gasteiger charge is -2.54. The highest BCUT2D eigenvalue weighted by Gasteiger charge is 2.56. The fourth-order valence-corrected chi connectivity index (χ4v) is 8.83. The van der Waals surface area contributed by atoms with Gasteiger partial charge in [0.1, 0.15) is 5.82 Å². The molecule has 0 unspecified atom stereocenters. The summed E-state index contributed by atoms with van der Waals surface area (Å²) in [7, 11) is 0. The molecule has 1 aromatic rings. The van der Waals surface area contributed by atoms with Crippen molar-refractivity contribution in [3.05, 3.63) is 53.5 Å². The molecule has 7 nitrogen and oxygen atoms in total. The van der Waals surface area contributed by atoms with Gasteiger partial charge in [0, 0.05) is 75.5 Å². The second kappa shape index (κ2) is 13.3. The molecule has 0 bridgehead atoms. The fourth-order valence-electron chi connectivity index (χ4n) is 8.83. The Hall–Kier alpha value is -2.71. The van der Waals surface area contributed by atoms with Crippen LogP contribution in [-0.4, -0.2) is 89.6 Å². The number of benzene rings is 1. The molecule has 8 heteroatoms. The quantitative estimate of drug-likeness (QED) is 0.459. The van der Waals surface area contributed by atoms with Gasteiger partial charge in [0.25, 0.3) is 5.91 Å². The molecule has 0 radical (unpaired) electrons. The molecule has 240 valence electrons. The van der Waals surface area contributed by atoms with Crippen molar-refractivity contribution >= 4 is 17.4 Å². The van der Waals surface area contributed by atoms with Gasteiger partial charge in [-0.1, -0.05) is 76.1 Å². The Kier molecular flexibility index (Phi) is 9.48. The minimum Gasteiger partial charge on any atom is -0.387 e. The number of hydrogen-bond donors (Lipinski definition) is 2. The van der Waals surface area contributed by atoms with E-state index in [0.29, 0.717) is 68.3 Å². The first kappa shape index (κ1) is 31.3. The van der Waals surface area contributed by atoms with Gasteiger partial charge in [-0.05, 0) is 43.2 Å². The first-order valence-electron chi connectivity index (χ1n) is 17.2. The van der Waals surface area contributed by atoms with Crippen molar-refractivity contribution in [2.45, 2.75) is 83.2 Å². The van der Waals surface area contributed by atoms with Crippen LogP contribution in [0.4, 0.5) is 4.39 Å². The van der Waals surface area contributed by atoms with Gasteiger partial charge < -0.3 is 25.1 Å². The van der Waals surface area contributed by atoms with Crippen molar-refractivity contribution in [2.24, 2.45) is 17.3 Å². The van der Waals surface area contributed by atoms with E-state index >= 15 is 0 Å². The summed E-state index contributed by atoms with van der Waals surface area (Å²) in [6.07, 6.45) is 15.7. The van der Waals surface area contributed by atoms with Crippen molar-refractivity contribution in [3.63, 3.8) is 0 Å². The summed E-state index contributed by atoms with van der Waals surface area (Å²) in [5.41, 5.74) is 0.212. The Morgan fingerprint density at radius 3 is 2.45 bits per heavy atom. The van der Waals surface area contributed by atoms with E-state index < -0.39 is 5.60 Å². The average Bonchev–Trinajstić information content (AvgIpc) is 3.53. The van der Waals surface area contributed by atoms with Gasteiger partial charge in [0.2, 0.25) is 5.91 Å². The van der Waals surface area contributed by atoms with Gasteiger partial charge in [-0.3, -0.25) is 9.59 Å². The zero-order valence-electron chi connectivity index (χ0n) is 26.5. The molecule has 2 saturated carbocycles. The Morgan fingerprint density at radius 1 is 1.00 bits per heavy atom. The molecule has 2 N–H and O–H groups in total. The van der Waals surface area contributed by atoms with Crippen LogP contribution in [0.15, 0.2) is 42.1 Å². The normalized spacial score (nSPS) is 26.8. The number of piperazine rings is 1. The van der Waals surface area contributed by atoms with Gasteiger partial charge in [-0.15, -0.1) is 0 Å². The number of aliphatic hydroxyl groups is 1. The van der Waals surface area contributed by atoms with Gasteiger partial charge in [0.05, 0.1) is 11.2 Å². The molecule has 6 rings (SSSR count). The maximum Gasteiger partial charge on any atom is 0.256 e. The van der Waals surface area contributed by atoms with Crippen LogP contribution < -0.4 is 5.32 Å². The van der Waals surface area contributed by atoms with Crippen molar-refractivity contribution in [2.75, 3.05) is 52.4 Å². The third kappa shape index (κ3) is 6.34. The zero-order valence-corrected chi connectivity index (χ0v) is 26.5. The number of carbonyl (C=O) groups is 2. The van der Waals surface area contributed by atoms with Crippen LogP contribution in [0.1, 0.15) is 83.1 Å². The van der Waals surface area contributed by atoms with E-state index in [9.17, 15) is 19.1 Å². The van der Waals surface area contributed by atoms with Crippen molar-refractivity contribution in [1.29, 1.82) is 0 Å². The third-order valence-corrected chi connectivity index (χ3v) is 11.4. The van der Waals surface area contributed by atoms with E-state index in [1.165, 1.54) is 38.2 Å². The predicted octanol–water partition coefficient (Wildman–Crippen LogP) is 4.97. The maximum absolute atomic E-state index is 15.0. The molecule has 0 aromatic heterocycles. The Labute approximate surface area is 262 Å². The van der Waals surface area contributed by atoms with E-state index in [1.54, 1.807) is 18.2 Å². The molecule has 2 saturated heterocycles. The number of hydrogen-bond acceptors (Lipinski definition) is 5. The second-order valence-electron chi connectivity index (χ2n) is 14.3. The van der Waals surface area contributed by atoms with Gasteiger partial charge in [-0.2, -0.15) is 0 Å². The summed E-state index contributed by atoms with van der Waals surface area (Å²) in [4.78, 5) is 33.6. The number of nitrogens with zero attached hydrogens (tertiary/aromatic N) is 3. The molecule has 1 spiro atoms. The van der Waals surface area contributed by atoms with E-state index in [-0.39, 0.29) is 29.0 Å². The lowest BCUT2D eigenvalue weighted by Crippen LogP contribution is -2.64. The van der Waals surface area contributed by atoms with Gasteiger partial charge in [-0.25, -0.2) is 4.39 Å². The van der Waals surface area contributed by atoms with E-state index in [4.69, 9.17) is 0 Å². The van der Waals surface area contributed by atoms with Crippen LogP contribution in [0.25, 0.3) is 5.57 Å². The standard InChI is InChI=1S/C36H51FN4O3/c1-27(23-28-9-3-2-4-10-28)33(42)41-20-16-36(44,35(25-41)14-7-8-15-35)26-39-19-13-29(30-11-5-6-12-32(30)37)31(24-39)34(43)40-21-17-38-18-22-40/h5-6,11-13,24,27-28,38,44H,2-4,7-10,14-23,25-26H2,1H3/t27-,36+/m1/s1. The fraction of sp³-hybridized carbons (Fsp3) is 0.667. The molecular weight excluding hydrogens is 555 g/mol. The first-order chi connectivity index (χ1) is 21.3. The van der Waals surface area contributed by atoms with Crippen molar-refractivity contribution in [3.8, 4) is 0 Å². The van der Waals surface area contributed by atoms with Crippen molar-refractivity contribution < 1.29 is 19.1 Å². The largest absolute Gasteiger partial charge is 0.387 e. The van der Waals surface area contributed by atoms with Gasteiger partial charge in [0.15, 0.2) is 0 Å². The molecule has 44 heavy (non-hydrogen) atoms. The molecule has 2 amide bonds. The Bertz CT molecular complexity index is 1260. The number of carbonyl (C=O) groups excluding carboxylic acids is 2. The Morgan fingerprint density at radius 2 is 1.73 bits per heavy atom. The predicted molar refractivity (Wildman–Crippen MR) is 171 cm³/mol. The third-order valence-electron chi connectivity index (χ3n) is 11.4. The summed E-state index contributed by atoms with van der Waals surface area (Å²) >= 11 is 0. The van der Waals surface area contributed by atoms with Crippen LogP contribution in [0.5, 0.6) is 0 Å². The minimum atomic E-state index is -0.976. The lowest BCUT2D eigenvalue weighted by molar-refractivity contribution is -0.162. The second-order valence-corrected chi connectivity index (χ2v) is 14.3. The highest BCUT2D eigenvalue weighted by Crippen LogP contribution is 2.52. The maximum atomic E-state index is 15.0. The molecule has 5 aliphatic rings. The van der Waals surface area contributed by atoms with E-state index in [0.717, 1.165) is 45.2 Å². The zero-order chi connectivity index (χ0) is 30.7. The summed E-state index contributed by atoms with van der Waals surface area (Å²) in [5.74, 6) is 0.498. The van der Waals surface area contributed by atoms with Crippen LogP contribution in [-0.2, 0) is 9.59 Å². The Balaban J connectivity index is 1.21. The number of halogens is 1.